The van der Waals surface area contributed by atoms with Crippen LogP contribution in [0.25, 0.3) is 5.69 Å². The summed E-state index contributed by atoms with van der Waals surface area (Å²) in [6.07, 6.45) is 4.26. The molecule has 0 bridgehead atoms. The number of nitrogens with one attached hydrogen (secondary N) is 2. The minimum absolute atomic E-state index is 0. The van der Waals surface area contributed by atoms with Crippen molar-refractivity contribution in [3.05, 3.63) is 36.2 Å². The number of rotatable bonds is 5. The first kappa shape index (κ1) is 16.4. The van der Waals surface area contributed by atoms with Gasteiger partial charge in [-0.1, -0.05) is 12.1 Å². The lowest BCUT2D eigenvalue weighted by Crippen LogP contribution is -2.37. The SMILES string of the molecule is Cl.O=C(Cc1ccc(-n2cnnn2)cc1)NCC1CCCN1. The molecule has 1 amide bonds. The number of aromatic nitrogens is 4. The minimum atomic E-state index is 0. The number of hydrogen-bond acceptors (Lipinski definition) is 5. The Morgan fingerprint density at radius 2 is 2.18 bits per heavy atom. The molecule has 22 heavy (non-hydrogen) atoms. The second kappa shape index (κ2) is 7.86. The van der Waals surface area contributed by atoms with Gasteiger partial charge in [0.15, 0.2) is 0 Å². The van der Waals surface area contributed by atoms with E-state index in [0.29, 0.717) is 19.0 Å². The molecule has 1 aliphatic heterocycles. The monoisotopic (exact) mass is 322 g/mol. The molecule has 0 aliphatic carbocycles. The summed E-state index contributed by atoms with van der Waals surface area (Å²) < 4.78 is 1.58. The molecule has 7 nitrogen and oxygen atoms in total. The molecular formula is C14H19ClN6O. The van der Waals surface area contributed by atoms with Gasteiger partial charge in [-0.3, -0.25) is 4.79 Å². The molecule has 3 rings (SSSR count). The van der Waals surface area contributed by atoms with Crippen molar-refractivity contribution in [1.82, 2.24) is 30.8 Å². The number of nitrogens with zero attached hydrogens (tertiary/aromatic N) is 4. The minimum Gasteiger partial charge on any atom is -0.354 e. The summed E-state index contributed by atoms with van der Waals surface area (Å²) in [6, 6.07) is 8.07. The zero-order valence-corrected chi connectivity index (χ0v) is 12.9. The molecule has 1 unspecified atom stereocenters. The van der Waals surface area contributed by atoms with Crippen LogP contribution in [-0.2, 0) is 11.2 Å². The van der Waals surface area contributed by atoms with Gasteiger partial charge in [-0.25, -0.2) is 4.68 Å². The Bertz CT molecular complexity index is 580. The Morgan fingerprint density at radius 1 is 1.36 bits per heavy atom. The van der Waals surface area contributed by atoms with Gasteiger partial charge in [0.25, 0.3) is 0 Å². The van der Waals surface area contributed by atoms with E-state index in [1.807, 2.05) is 24.3 Å². The third kappa shape index (κ3) is 4.25. The predicted octanol–water partition coefficient (Wildman–Crippen LogP) is 0.495. The fourth-order valence-corrected chi connectivity index (χ4v) is 2.46. The van der Waals surface area contributed by atoms with E-state index in [4.69, 9.17) is 0 Å². The smallest absolute Gasteiger partial charge is 0.224 e. The van der Waals surface area contributed by atoms with Gasteiger partial charge in [-0.15, -0.1) is 17.5 Å². The van der Waals surface area contributed by atoms with Gasteiger partial charge >= 0.3 is 0 Å². The first-order valence-electron chi connectivity index (χ1n) is 7.13. The number of halogens is 1. The van der Waals surface area contributed by atoms with Crippen LogP contribution in [0.2, 0.25) is 0 Å². The van der Waals surface area contributed by atoms with Crippen LogP contribution in [0.1, 0.15) is 18.4 Å². The summed E-state index contributed by atoms with van der Waals surface area (Å²) in [4.78, 5) is 11.9. The van der Waals surface area contributed by atoms with Crippen LogP contribution in [0.3, 0.4) is 0 Å². The van der Waals surface area contributed by atoms with E-state index in [-0.39, 0.29) is 18.3 Å². The number of amides is 1. The van der Waals surface area contributed by atoms with Gasteiger partial charge in [0.1, 0.15) is 6.33 Å². The fraction of sp³-hybridized carbons (Fsp3) is 0.429. The zero-order chi connectivity index (χ0) is 14.5. The molecule has 0 saturated carbocycles. The standard InChI is InChI=1S/C14H18N6O.ClH/c21-14(16-9-12-2-1-7-15-12)8-11-3-5-13(6-4-11)20-10-17-18-19-20;/h3-6,10,12,15H,1-2,7-9H2,(H,16,21);1H. The summed E-state index contributed by atoms with van der Waals surface area (Å²) in [5, 5.41) is 17.3. The third-order valence-electron chi connectivity index (χ3n) is 3.62. The van der Waals surface area contributed by atoms with Crippen molar-refractivity contribution in [1.29, 1.82) is 0 Å². The molecule has 2 heterocycles. The van der Waals surface area contributed by atoms with Gasteiger partial charge in [-0.05, 0) is 47.5 Å². The Hall–Kier alpha value is -1.99. The van der Waals surface area contributed by atoms with Gasteiger partial charge in [0, 0.05) is 12.6 Å². The topological polar surface area (TPSA) is 84.7 Å². The maximum atomic E-state index is 11.9. The first-order chi connectivity index (χ1) is 10.3. The Morgan fingerprint density at radius 3 is 2.82 bits per heavy atom. The third-order valence-corrected chi connectivity index (χ3v) is 3.62. The van der Waals surface area contributed by atoms with Crippen LogP contribution in [0.5, 0.6) is 0 Å². The van der Waals surface area contributed by atoms with Crippen molar-refractivity contribution in [2.75, 3.05) is 13.1 Å². The van der Waals surface area contributed by atoms with E-state index in [2.05, 4.69) is 26.2 Å². The van der Waals surface area contributed by atoms with E-state index >= 15 is 0 Å². The van der Waals surface area contributed by atoms with E-state index in [0.717, 1.165) is 24.2 Å². The van der Waals surface area contributed by atoms with Gasteiger partial charge in [0.2, 0.25) is 5.91 Å². The molecule has 1 aromatic heterocycles. The van der Waals surface area contributed by atoms with Crippen molar-refractivity contribution < 1.29 is 4.79 Å². The van der Waals surface area contributed by atoms with Crippen molar-refractivity contribution >= 4 is 18.3 Å². The molecule has 1 saturated heterocycles. The molecular weight excluding hydrogens is 304 g/mol. The molecule has 1 aromatic carbocycles. The molecule has 118 valence electrons. The molecule has 1 atom stereocenters. The maximum absolute atomic E-state index is 11.9. The molecule has 1 aliphatic rings. The quantitative estimate of drug-likeness (QED) is 0.837. The lowest BCUT2D eigenvalue weighted by atomic mass is 10.1. The largest absolute Gasteiger partial charge is 0.354 e. The lowest BCUT2D eigenvalue weighted by Gasteiger charge is -2.11. The maximum Gasteiger partial charge on any atom is 0.224 e. The first-order valence-corrected chi connectivity index (χ1v) is 7.13. The van der Waals surface area contributed by atoms with Crippen molar-refractivity contribution in [3.63, 3.8) is 0 Å². The van der Waals surface area contributed by atoms with Gasteiger partial charge < -0.3 is 10.6 Å². The van der Waals surface area contributed by atoms with E-state index in [1.165, 1.54) is 12.7 Å². The van der Waals surface area contributed by atoms with E-state index in [1.54, 1.807) is 4.68 Å². The van der Waals surface area contributed by atoms with Crippen molar-refractivity contribution in [3.8, 4) is 5.69 Å². The highest BCUT2D eigenvalue weighted by Crippen LogP contribution is 2.08. The van der Waals surface area contributed by atoms with Crippen LogP contribution in [0.4, 0.5) is 0 Å². The molecule has 0 spiro atoms. The van der Waals surface area contributed by atoms with Crippen LogP contribution in [0, 0.1) is 0 Å². The van der Waals surface area contributed by atoms with E-state index < -0.39 is 0 Å². The summed E-state index contributed by atoms with van der Waals surface area (Å²) in [6.45, 7) is 1.76. The zero-order valence-electron chi connectivity index (χ0n) is 12.1. The second-order valence-corrected chi connectivity index (χ2v) is 5.19. The highest BCUT2D eigenvalue weighted by atomic mass is 35.5. The van der Waals surface area contributed by atoms with Gasteiger partial charge in [0.05, 0.1) is 12.1 Å². The lowest BCUT2D eigenvalue weighted by molar-refractivity contribution is -0.120. The number of tetrazole rings is 1. The number of carbonyl (C=O) groups is 1. The highest BCUT2D eigenvalue weighted by molar-refractivity contribution is 5.85. The summed E-state index contributed by atoms with van der Waals surface area (Å²) >= 11 is 0. The Balaban J connectivity index is 0.00000176. The summed E-state index contributed by atoms with van der Waals surface area (Å²) in [7, 11) is 0. The second-order valence-electron chi connectivity index (χ2n) is 5.19. The predicted molar refractivity (Wildman–Crippen MR) is 84.1 cm³/mol. The van der Waals surface area contributed by atoms with Gasteiger partial charge in [-0.2, -0.15) is 0 Å². The highest BCUT2D eigenvalue weighted by Gasteiger charge is 2.14. The normalized spacial score (nSPS) is 17.0. The summed E-state index contributed by atoms with van der Waals surface area (Å²) in [5.74, 6) is 0.0545. The van der Waals surface area contributed by atoms with Crippen LogP contribution >= 0.6 is 12.4 Å². The molecule has 2 N–H and O–H groups in total. The molecule has 0 radical (unpaired) electrons. The Kier molecular flexibility index (Phi) is 5.85. The van der Waals surface area contributed by atoms with Crippen molar-refractivity contribution in [2.24, 2.45) is 0 Å². The van der Waals surface area contributed by atoms with Crippen LogP contribution in [-0.4, -0.2) is 45.2 Å². The average molecular weight is 323 g/mol. The Labute approximate surface area is 134 Å². The van der Waals surface area contributed by atoms with Crippen LogP contribution < -0.4 is 10.6 Å². The fourth-order valence-electron chi connectivity index (χ4n) is 2.46. The summed E-state index contributed by atoms with van der Waals surface area (Å²) in [5.41, 5.74) is 1.85. The number of benzene rings is 1. The van der Waals surface area contributed by atoms with Crippen LogP contribution in [0.15, 0.2) is 30.6 Å². The number of carbonyl (C=O) groups excluding carboxylic acids is 1. The average Bonchev–Trinajstić information content (AvgIpc) is 3.19. The van der Waals surface area contributed by atoms with E-state index in [9.17, 15) is 4.79 Å². The molecule has 1 fully saturated rings. The molecule has 2 aromatic rings. The van der Waals surface area contributed by atoms with Crippen molar-refractivity contribution in [2.45, 2.75) is 25.3 Å². The number of hydrogen-bond donors (Lipinski definition) is 2. The molecule has 8 heteroatoms.